The Hall–Kier alpha value is -5.02. The number of benzene rings is 5. The van der Waals surface area contributed by atoms with E-state index in [1.54, 1.807) is 0 Å². The molecule has 4 heterocycles. The third-order valence-electron chi connectivity index (χ3n) is 7.94. The third kappa shape index (κ3) is 2.45. The van der Waals surface area contributed by atoms with Crippen molar-refractivity contribution in [3.8, 4) is 11.1 Å². The molecule has 0 aliphatic heterocycles. The first kappa shape index (κ1) is 19.2. The maximum Gasteiger partial charge on any atom is 0.0964 e. The van der Waals surface area contributed by atoms with Crippen molar-refractivity contribution in [1.29, 1.82) is 0 Å². The average Bonchev–Trinajstić information content (AvgIpc) is 3.30. The van der Waals surface area contributed by atoms with Crippen LogP contribution in [0, 0.1) is 0 Å². The van der Waals surface area contributed by atoms with Gasteiger partial charge in [0, 0.05) is 50.3 Å². The summed E-state index contributed by atoms with van der Waals surface area (Å²) in [6.07, 6.45) is 3.83. The lowest BCUT2D eigenvalue weighted by Crippen LogP contribution is -1.93. The second-order valence-electron chi connectivity index (χ2n) is 9.89. The minimum absolute atomic E-state index is 0.945. The van der Waals surface area contributed by atoms with Crippen molar-refractivity contribution in [2.45, 2.75) is 0 Å². The minimum Gasteiger partial charge on any atom is -0.308 e. The molecule has 9 rings (SSSR count). The van der Waals surface area contributed by atoms with Crippen LogP contribution in [0.5, 0.6) is 0 Å². The van der Waals surface area contributed by atoms with Crippen LogP contribution >= 0.6 is 0 Å². The van der Waals surface area contributed by atoms with Gasteiger partial charge in [0.05, 0.1) is 27.6 Å². The smallest absolute Gasteiger partial charge is 0.0964 e. The Bertz CT molecular complexity index is 2360. The first-order valence-electron chi connectivity index (χ1n) is 12.6. The zero-order valence-electron chi connectivity index (χ0n) is 19.8. The fourth-order valence-electron chi connectivity index (χ4n) is 6.35. The number of hydrogen-bond acceptors (Lipinski definition) is 2. The number of rotatable bonds is 1. The van der Waals surface area contributed by atoms with E-state index in [9.17, 15) is 0 Å². The monoisotopic (exact) mass is 469 g/mol. The molecule has 3 nitrogen and oxygen atoms in total. The number of hydrogen-bond donors (Lipinski definition) is 0. The van der Waals surface area contributed by atoms with E-state index in [0.29, 0.717) is 0 Å². The van der Waals surface area contributed by atoms with Crippen molar-refractivity contribution in [3.63, 3.8) is 0 Å². The van der Waals surface area contributed by atoms with E-state index in [-0.39, 0.29) is 0 Å². The lowest BCUT2D eigenvalue weighted by atomic mass is 9.94. The molecule has 0 spiro atoms. The van der Waals surface area contributed by atoms with Crippen molar-refractivity contribution in [2.75, 3.05) is 0 Å². The van der Waals surface area contributed by atoms with Crippen LogP contribution in [0.25, 0.3) is 81.8 Å². The van der Waals surface area contributed by atoms with Gasteiger partial charge in [0.15, 0.2) is 0 Å². The summed E-state index contributed by atoms with van der Waals surface area (Å²) in [7, 11) is 0. The first-order valence-corrected chi connectivity index (χ1v) is 12.6. The molecular formula is C34H19N3. The average molecular weight is 470 g/mol. The standard InChI is InChI=1S/C34H19N3/c1-2-11-29-25(8-1)26-9-4-10-27-28-18-23(16-21-6-3-12-30(31(21)28)37(29)34(26)27)24-17-22-14-13-20-7-5-15-35-32(20)33(22)36-19-24/h1-19H. The number of aromatic nitrogens is 3. The van der Waals surface area contributed by atoms with Crippen molar-refractivity contribution in [2.24, 2.45) is 0 Å². The molecule has 0 unspecified atom stereocenters. The molecule has 3 heteroatoms. The summed E-state index contributed by atoms with van der Waals surface area (Å²) in [5, 5.41) is 9.92. The number of para-hydroxylation sites is 2. The normalized spacial score (nSPS) is 12.3. The summed E-state index contributed by atoms with van der Waals surface area (Å²) in [6.45, 7) is 0. The van der Waals surface area contributed by atoms with Gasteiger partial charge in [0.1, 0.15) is 0 Å². The SMILES string of the molecule is c1cnc2c(c1)ccc1cc(-c3cc4cccc5c4c(c3)c3cccc4c6ccccc6n5c34)cnc12. The van der Waals surface area contributed by atoms with Gasteiger partial charge < -0.3 is 4.40 Å². The first-order chi connectivity index (χ1) is 18.3. The molecule has 0 aliphatic rings. The van der Waals surface area contributed by atoms with Crippen molar-refractivity contribution in [1.82, 2.24) is 14.4 Å². The summed E-state index contributed by atoms with van der Waals surface area (Å²) < 4.78 is 2.45. The van der Waals surface area contributed by atoms with Gasteiger partial charge in [-0.2, -0.15) is 0 Å². The molecule has 0 radical (unpaired) electrons. The summed E-state index contributed by atoms with van der Waals surface area (Å²) in [4.78, 5) is 9.48. The summed E-state index contributed by atoms with van der Waals surface area (Å²) >= 11 is 0. The van der Waals surface area contributed by atoms with Gasteiger partial charge in [0.25, 0.3) is 0 Å². The topological polar surface area (TPSA) is 30.2 Å². The van der Waals surface area contributed by atoms with Gasteiger partial charge in [0.2, 0.25) is 0 Å². The Balaban J connectivity index is 1.41. The van der Waals surface area contributed by atoms with Gasteiger partial charge in [-0.15, -0.1) is 0 Å². The predicted octanol–water partition coefficient (Wildman–Crippen LogP) is 8.75. The fourth-order valence-corrected chi connectivity index (χ4v) is 6.35. The molecule has 170 valence electrons. The maximum absolute atomic E-state index is 4.89. The second kappa shape index (κ2) is 6.80. The Kier molecular flexibility index (Phi) is 3.53. The van der Waals surface area contributed by atoms with Gasteiger partial charge in [-0.1, -0.05) is 66.7 Å². The number of pyridine rings is 3. The van der Waals surface area contributed by atoms with E-state index >= 15 is 0 Å². The van der Waals surface area contributed by atoms with Crippen molar-refractivity contribution < 1.29 is 0 Å². The molecule has 9 aromatic rings. The highest BCUT2D eigenvalue weighted by Gasteiger charge is 2.18. The van der Waals surface area contributed by atoms with E-state index in [4.69, 9.17) is 4.98 Å². The molecule has 0 atom stereocenters. The van der Waals surface area contributed by atoms with Crippen LogP contribution in [0.3, 0.4) is 0 Å². The van der Waals surface area contributed by atoms with E-state index in [1.165, 1.54) is 54.4 Å². The van der Waals surface area contributed by atoms with Crippen LogP contribution in [-0.4, -0.2) is 14.4 Å². The Morgan fingerprint density at radius 2 is 1.22 bits per heavy atom. The molecule has 0 saturated carbocycles. The van der Waals surface area contributed by atoms with Gasteiger partial charge in [-0.3, -0.25) is 9.97 Å². The van der Waals surface area contributed by atoms with Gasteiger partial charge in [-0.25, -0.2) is 0 Å². The fraction of sp³-hybridized carbons (Fsp3) is 0. The molecular weight excluding hydrogens is 450 g/mol. The quantitative estimate of drug-likeness (QED) is 0.178. The van der Waals surface area contributed by atoms with E-state index in [2.05, 4.69) is 106 Å². The highest BCUT2D eigenvalue weighted by Crippen LogP contribution is 2.42. The molecule has 5 aromatic carbocycles. The zero-order valence-corrected chi connectivity index (χ0v) is 19.8. The molecule has 0 bridgehead atoms. The minimum atomic E-state index is 0.945. The van der Waals surface area contributed by atoms with Gasteiger partial charge >= 0.3 is 0 Å². The molecule has 0 saturated heterocycles. The lowest BCUT2D eigenvalue weighted by molar-refractivity contribution is 1.35. The van der Waals surface area contributed by atoms with Crippen LogP contribution in [0.2, 0.25) is 0 Å². The lowest BCUT2D eigenvalue weighted by Gasteiger charge is -2.15. The highest BCUT2D eigenvalue weighted by molar-refractivity contribution is 6.27. The Morgan fingerprint density at radius 1 is 0.486 bits per heavy atom. The van der Waals surface area contributed by atoms with Crippen LogP contribution < -0.4 is 0 Å². The summed E-state index contributed by atoms with van der Waals surface area (Å²) in [5.41, 5.74) is 7.98. The predicted molar refractivity (Wildman–Crippen MR) is 155 cm³/mol. The highest BCUT2D eigenvalue weighted by atomic mass is 14.9. The van der Waals surface area contributed by atoms with Crippen LogP contribution in [0.1, 0.15) is 0 Å². The summed E-state index contributed by atoms with van der Waals surface area (Å²) in [6, 6.07) is 37.3. The molecule has 0 amide bonds. The Morgan fingerprint density at radius 3 is 2.19 bits per heavy atom. The molecule has 0 fully saturated rings. The van der Waals surface area contributed by atoms with E-state index in [1.807, 2.05) is 18.5 Å². The third-order valence-corrected chi connectivity index (χ3v) is 7.94. The second-order valence-corrected chi connectivity index (χ2v) is 9.89. The van der Waals surface area contributed by atoms with E-state index < -0.39 is 0 Å². The van der Waals surface area contributed by atoms with Crippen LogP contribution in [0.15, 0.2) is 116 Å². The largest absolute Gasteiger partial charge is 0.308 e. The molecule has 37 heavy (non-hydrogen) atoms. The van der Waals surface area contributed by atoms with E-state index in [0.717, 1.165) is 27.4 Å². The van der Waals surface area contributed by atoms with Crippen LogP contribution in [-0.2, 0) is 0 Å². The molecule has 0 N–H and O–H groups in total. The Labute approximate surface area is 211 Å². The zero-order chi connectivity index (χ0) is 24.1. The maximum atomic E-state index is 4.89. The van der Waals surface area contributed by atoms with Gasteiger partial charge in [-0.05, 0) is 52.7 Å². The van der Waals surface area contributed by atoms with Crippen molar-refractivity contribution in [3.05, 3.63) is 116 Å². The van der Waals surface area contributed by atoms with Crippen LogP contribution in [0.4, 0.5) is 0 Å². The number of fused-ring (bicyclic) bond motifs is 8. The molecule has 4 aromatic heterocycles. The molecule has 0 aliphatic carbocycles. The van der Waals surface area contributed by atoms with Crippen molar-refractivity contribution >= 4 is 70.7 Å². The number of nitrogens with zero attached hydrogens (tertiary/aromatic N) is 3. The summed E-state index contributed by atoms with van der Waals surface area (Å²) in [5.74, 6) is 0.